The summed E-state index contributed by atoms with van der Waals surface area (Å²) in [6, 6.07) is 10.1. The molecule has 3 rings (SSSR count). The van der Waals surface area contributed by atoms with Crippen molar-refractivity contribution in [2.45, 2.75) is 19.2 Å². The summed E-state index contributed by atoms with van der Waals surface area (Å²) in [7, 11) is 0. The molecule has 132 valence electrons. The average Bonchev–Trinajstić information content (AvgIpc) is 3.02. The summed E-state index contributed by atoms with van der Waals surface area (Å²) in [5.41, 5.74) is 6.83. The fourth-order valence-corrected chi connectivity index (χ4v) is 2.74. The molecule has 0 bridgehead atoms. The van der Waals surface area contributed by atoms with E-state index < -0.39 is 12.0 Å². The predicted octanol–water partition coefficient (Wildman–Crippen LogP) is 0.208. The lowest BCUT2D eigenvalue weighted by atomic mass is 10.2. The number of nitrogens with one attached hydrogen (secondary N) is 1. The summed E-state index contributed by atoms with van der Waals surface area (Å²) < 4.78 is 6.97. The van der Waals surface area contributed by atoms with Gasteiger partial charge in [0.15, 0.2) is 0 Å². The Morgan fingerprint density at radius 1 is 1.32 bits per heavy atom. The molecular formula is C17H21N5O3. The molecule has 8 nitrogen and oxygen atoms in total. The van der Waals surface area contributed by atoms with E-state index in [-0.39, 0.29) is 12.5 Å². The van der Waals surface area contributed by atoms with E-state index >= 15 is 0 Å². The Kier molecular flexibility index (Phi) is 5.42. The Labute approximate surface area is 145 Å². The summed E-state index contributed by atoms with van der Waals surface area (Å²) in [5, 5.41) is 6.74. The fourth-order valence-electron chi connectivity index (χ4n) is 2.74. The Morgan fingerprint density at radius 2 is 2.12 bits per heavy atom. The van der Waals surface area contributed by atoms with Crippen molar-refractivity contribution >= 4 is 17.5 Å². The lowest BCUT2D eigenvalue weighted by Crippen LogP contribution is -2.47. The highest BCUT2D eigenvalue weighted by Crippen LogP contribution is 2.13. The molecule has 2 amide bonds. The molecule has 1 aliphatic heterocycles. The molecular weight excluding hydrogens is 322 g/mol. The summed E-state index contributed by atoms with van der Waals surface area (Å²) in [6.45, 7) is 2.57. The molecule has 1 aromatic heterocycles. The number of nitrogens with zero attached hydrogens (tertiary/aromatic N) is 3. The smallest absolute Gasteiger partial charge is 0.254 e. The Morgan fingerprint density at radius 3 is 2.88 bits per heavy atom. The lowest BCUT2D eigenvalue weighted by molar-refractivity contribution is -0.133. The minimum Gasteiger partial charge on any atom is -0.368 e. The molecule has 8 heteroatoms. The molecule has 0 spiro atoms. The molecule has 1 fully saturated rings. The summed E-state index contributed by atoms with van der Waals surface area (Å²) >= 11 is 0. The first kappa shape index (κ1) is 17.1. The maximum atomic E-state index is 12.4. The third-order valence-corrected chi connectivity index (χ3v) is 3.91. The number of primary amides is 1. The number of amides is 2. The predicted molar refractivity (Wildman–Crippen MR) is 91.5 cm³/mol. The maximum Gasteiger partial charge on any atom is 0.254 e. The molecule has 2 aromatic rings. The first-order valence-corrected chi connectivity index (χ1v) is 8.09. The van der Waals surface area contributed by atoms with Crippen LogP contribution in [0.3, 0.4) is 0 Å². The van der Waals surface area contributed by atoms with Gasteiger partial charge in [-0.15, -0.1) is 0 Å². The number of morpholine rings is 1. The summed E-state index contributed by atoms with van der Waals surface area (Å²) in [4.78, 5) is 25.5. The van der Waals surface area contributed by atoms with E-state index in [0.717, 1.165) is 13.1 Å². The lowest BCUT2D eigenvalue weighted by Gasteiger charge is -2.32. The van der Waals surface area contributed by atoms with Gasteiger partial charge < -0.3 is 15.8 Å². The van der Waals surface area contributed by atoms with Crippen LogP contribution in [0.5, 0.6) is 0 Å². The van der Waals surface area contributed by atoms with Crippen molar-refractivity contribution in [1.29, 1.82) is 0 Å². The quantitative estimate of drug-likeness (QED) is 0.780. The first-order valence-electron chi connectivity index (χ1n) is 8.09. The maximum absolute atomic E-state index is 12.4. The van der Waals surface area contributed by atoms with Crippen molar-refractivity contribution in [3.05, 3.63) is 48.3 Å². The van der Waals surface area contributed by atoms with E-state index in [2.05, 4.69) is 27.4 Å². The van der Waals surface area contributed by atoms with Crippen LogP contribution in [0.25, 0.3) is 0 Å². The molecule has 1 atom stereocenters. The largest absolute Gasteiger partial charge is 0.368 e. The normalized spacial score (nSPS) is 18.0. The van der Waals surface area contributed by atoms with Gasteiger partial charge in [0.05, 0.1) is 18.5 Å². The highest BCUT2D eigenvalue weighted by Gasteiger charge is 2.27. The molecule has 0 aliphatic carbocycles. The van der Waals surface area contributed by atoms with E-state index in [1.807, 2.05) is 18.2 Å². The Bertz CT molecular complexity index is 731. The molecule has 25 heavy (non-hydrogen) atoms. The van der Waals surface area contributed by atoms with Gasteiger partial charge in [-0.3, -0.25) is 19.2 Å². The standard InChI is InChI=1S/C17H21N5O3/c18-16(23)12-22-10-14(8-19-22)20-17(24)15-11-21(6-7-25-15)9-13-4-2-1-3-5-13/h1-5,8,10,15H,6-7,9,11-12H2,(H2,18,23)(H,20,24). The second kappa shape index (κ2) is 7.91. The number of carbonyl (C=O) groups is 2. The van der Waals surface area contributed by atoms with Crippen LogP contribution in [0.1, 0.15) is 5.56 Å². The van der Waals surface area contributed by atoms with Gasteiger partial charge in [-0.2, -0.15) is 5.10 Å². The highest BCUT2D eigenvalue weighted by atomic mass is 16.5. The van der Waals surface area contributed by atoms with Crippen molar-refractivity contribution in [3.8, 4) is 0 Å². The third kappa shape index (κ3) is 4.88. The molecule has 2 heterocycles. The zero-order chi connectivity index (χ0) is 17.6. The second-order valence-corrected chi connectivity index (χ2v) is 5.96. The van der Waals surface area contributed by atoms with E-state index in [1.165, 1.54) is 16.4 Å². The number of ether oxygens (including phenoxy) is 1. The SMILES string of the molecule is NC(=O)Cn1cc(NC(=O)C2CN(Cc3ccccc3)CCO2)cn1. The van der Waals surface area contributed by atoms with Crippen LogP contribution in [-0.2, 0) is 27.4 Å². The van der Waals surface area contributed by atoms with Gasteiger partial charge in [-0.05, 0) is 5.56 Å². The molecule has 1 aliphatic rings. The summed E-state index contributed by atoms with van der Waals surface area (Å²) in [5.74, 6) is -0.718. The van der Waals surface area contributed by atoms with Gasteiger partial charge >= 0.3 is 0 Å². The number of benzene rings is 1. The number of hydrogen-bond donors (Lipinski definition) is 2. The minimum absolute atomic E-state index is 0.0271. The van der Waals surface area contributed by atoms with Gasteiger partial charge in [-0.25, -0.2) is 0 Å². The van der Waals surface area contributed by atoms with Crippen LogP contribution in [-0.4, -0.2) is 52.3 Å². The Balaban J connectivity index is 1.54. The molecule has 0 radical (unpaired) electrons. The second-order valence-electron chi connectivity index (χ2n) is 5.96. The number of nitrogens with two attached hydrogens (primary N) is 1. The highest BCUT2D eigenvalue weighted by molar-refractivity contribution is 5.94. The first-order chi connectivity index (χ1) is 12.1. The van der Waals surface area contributed by atoms with Crippen molar-refractivity contribution in [2.75, 3.05) is 25.0 Å². The Hall–Kier alpha value is -2.71. The van der Waals surface area contributed by atoms with E-state index in [1.54, 1.807) is 6.20 Å². The van der Waals surface area contributed by atoms with Crippen LogP contribution in [0.15, 0.2) is 42.7 Å². The van der Waals surface area contributed by atoms with Gasteiger partial charge in [0.25, 0.3) is 5.91 Å². The van der Waals surface area contributed by atoms with Gasteiger partial charge in [0.1, 0.15) is 12.6 Å². The fraction of sp³-hybridized carbons (Fsp3) is 0.353. The summed E-state index contributed by atoms with van der Waals surface area (Å²) in [6.07, 6.45) is 2.50. The van der Waals surface area contributed by atoms with Crippen molar-refractivity contribution < 1.29 is 14.3 Å². The zero-order valence-electron chi connectivity index (χ0n) is 13.8. The molecule has 3 N–H and O–H groups in total. The van der Waals surface area contributed by atoms with Crippen molar-refractivity contribution in [1.82, 2.24) is 14.7 Å². The van der Waals surface area contributed by atoms with E-state index in [9.17, 15) is 9.59 Å². The van der Waals surface area contributed by atoms with Crippen LogP contribution >= 0.6 is 0 Å². The topological polar surface area (TPSA) is 102 Å². The number of hydrogen-bond acceptors (Lipinski definition) is 5. The van der Waals surface area contributed by atoms with E-state index in [4.69, 9.17) is 10.5 Å². The van der Waals surface area contributed by atoms with Crippen LogP contribution in [0.2, 0.25) is 0 Å². The minimum atomic E-state index is -0.544. The van der Waals surface area contributed by atoms with E-state index in [0.29, 0.717) is 18.8 Å². The molecule has 1 saturated heterocycles. The third-order valence-electron chi connectivity index (χ3n) is 3.91. The van der Waals surface area contributed by atoms with Crippen LogP contribution in [0.4, 0.5) is 5.69 Å². The van der Waals surface area contributed by atoms with Gasteiger partial charge in [0.2, 0.25) is 5.91 Å². The molecule has 1 unspecified atom stereocenters. The monoisotopic (exact) mass is 343 g/mol. The van der Waals surface area contributed by atoms with Crippen LogP contribution < -0.4 is 11.1 Å². The van der Waals surface area contributed by atoms with Crippen molar-refractivity contribution in [3.63, 3.8) is 0 Å². The van der Waals surface area contributed by atoms with Gasteiger partial charge in [-0.1, -0.05) is 30.3 Å². The number of rotatable bonds is 6. The van der Waals surface area contributed by atoms with Gasteiger partial charge in [0, 0.05) is 25.8 Å². The molecule has 0 saturated carbocycles. The van der Waals surface area contributed by atoms with Crippen LogP contribution in [0, 0.1) is 0 Å². The average molecular weight is 343 g/mol. The number of aromatic nitrogens is 2. The zero-order valence-corrected chi connectivity index (χ0v) is 13.8. The van der Waals surface area contributed by atoms with Crippen molar-refractivity contribution in [2.24, 2.45) is 5.73 Å². The molecule has 1 aromatic carbocycles. The number of carbonyl (C=O) groups excluding carboxylic acids is 2. The number of anilines is 1.